The minimum absolute atomic E-state index is 0.0915. The Morgan fingerprint density at radius 3 is 2.67 bits per heavy atom. The molecule has 4 heteroatoms. The Morgan fingerprint density at radius 2 is 2.06 bits per heavy atom. The molecular weight excluding hydrogens is 233 g/mol. The van der Waals surface area contributed by atoms with Crippen LogP contribution in [0.15, 0.2) is 41.3 Å². The van der Waals surface area contributed by atoms with Gasteiger partial charge < -0.3 is 9.30 Å². The lowest BCUT2D eigenvalue weighted by atomic mass is 10.2. The number of hydrogen-bond donors (Lipinski definition) is 0. The van der Waals surface area contributed by atoms with E-state index < -0.39 is 5.82 Å². The van der Waals surface area contributed by atoms with Gasteiger partial charge in [0.15, 0.2) is 11.6 Å². The minimum atomic E-state index is -0.421. The fourth-order valence-corrected chi connectivity index (χ4v) is 1.74. The Morgan fingerprint density at radius 1 is 1.28 bits per heavy atom. The molecule has 0 unspecified atom stereocenters. The third kappa shape index (κ3) is 2.59. The lowest BCUT2D eigenvalue weighted by Gasteiger charge is -2.08. The second-order valence-corrected chi connectivity index (χ2v) is 4.14. The average molecular weight is 247 g/mol. The van der Waals surface area contributed by atoms with E-state index in [2.05, 4.69) is 0 Å². The van der Waals surface area contributed by atoms with Crippen LogP contribution in [0.25, 0.3) is 0 Å². The number of hydrogen-bond acceptors (Lipinski definition) is 2. The van der Waals surface area contributed by atoms with E-state index in [1.165, 1.54) is 17.7 Å². The number of methoxy groups -OCH3 is 1. The molecule has 1 aromatic carbocycles. The molecule has 94 valence electrons. The molecule has 0 aliphatic heterocycles. The fourth-order valence-electron chi connectivity index (χ4n) is 1.74. The van der Waals surface area contributed by atoms with Gasteiger partial charge in [0, 0.05) is 12.3 Å². The Bertz CT molecular complexity index is 619. The van der Waals surface area contributed by atoms with E-state index >= 15 is 0 Å². The van der Waals surface area contributed by atoms with Crippen molar-refractivity contribution in [3.63, 3.8) is 0 Å². The highest BCUT2D eigenvalue weighted by atomic mass is 19.1. The van der Waals surface area contributed by atoms with Crippen LogP contribution in [0.3, 0.4) is 0 Å². The first-order valence-corrected chi connectivity index (χ1v) is 5.59. The summed E-state index contributed by atoms with van der Waals surface area (Å²) in [4.78, 5) is 11.7. The van der Waals surface area contributed by atoms with Crippen LogP contribution < -0.4 is 10.3 Å². The summed E-state index contributed by atoms with van der Waals surface area (Å²) in [5.41, 5.74) is 1.54. The summed E-state index contributed by atoms with van der Waals surface area (Å²) in [6, 6.07) is 8.09. The van der Waals surface area contributed by atoms with Gasteiger partial charge >= 0.3 is 0 Å². The number of ether oxygens (including phenoxy) is 1. The molecule has 0 saturated heterocycles. The standard InChI is InChI=1S/C14H14FNO2/c1-10-5-6-16(14(17)7-10)9-11-3-4-13(18-2)12(15)8-11/h3-8H,9H2,1-2H3. The molecular formula is C14H14FNO2. The summed E-state index contributed by atoms with van der Waals surface area (Å²) in [6.07, 6.45) is 1.71. The normalized spacial score (nSPS) is 10.4. The summed E-state index contributed by atoms with van der Waals surface area (Å²) in [5, 5.41) is 0. The SMILES string of the molecule is COc1ccc(Cn2ccc(C)cc2=O)cc1F. The molecule has 18 heavy (non-hydrogen) atoms. The van der Waals surface area contributed by atoms with Crippen LogP contribution in [0, 0.1) is 12.7 Å². The number of benzene rings is 1. The Balaban J connectivity index is 2.29. The first-order valence-electron chi connectivity index (χ1n) is 5.59. The number of pyridine rings is 1. The molecule has 0 radical (unpaired) electrons. The second-order valence-electron chi connectivity index (χ2n) is 4.14. The fraction of sp³-hybridized carbons (Fsp3) is 0.214. The quantitative estimate of drug-likeness (QED) is 0.833. The van der Waals surface area contributed by atoms with Crippen LogP contribution in [0.5, 0.6) is 5.75 Å². The number of aryl methyl sites for hydroxylation is 1. The molecule has 0 N–H and O–H groups in total. The van der Waals surface area contributed by atoms with Gasteiger partial charge in [0.2, 0.25) is 0 Å². The van der Waals surface area contributed by atoms with E-state index in [-0.39, 0.29) is 11.3 Å². The topological polar surface area (TPSA) is 31.2 Å². The van der Waals surface area contributed by atoms with E-state index in [9.17, 15) is 9.18 Å². The zero-order chi connectivity index (χ0) is 13.1. The van der Waals surface area contributed by atoms with Gasteiger partial charge in [0.25, 0.3) is 5.56 Å². The summed E-state index contributed by atoms with van der Waals surface area (Å²) >= 11 is 0. The third-order valence-corrected chi connectivity index (χ3v) is 2.72. The number of aromatic nitrogens is 1. The second kappa shape index (κ2) is 5.04. The Labute approximate surface area is 104 Å². The number of nitrogens with zero attached hydrogens (tertiary/aromatic N) is 1. The highest BCUT2D eigenvalue weighted by molar-refractivity contribution is 5.29. The van der Waals surface area contributed by atoms with E-state index in [0.717, 1.165) is 11.1 Å². The zero-order valence-electron chi connectivity index (χ0n) is 10.3. The molecule has 3 nitrogen and oxygen atoms in total. The van der Waals surface area contributed by atoms with Gasteiger partial charge in [-0.1, -0.05) is 6.07 Å². The average Bonchev–Trinajstić information content (AvgIpc) is 2.33. The molecule has 0 aliphatic rings. The van der Waals surface area contributed by atoms with Crippen LogP contribution in [-0.4, -0.2) is 11.7 Å². The third-order valence-electron chi connectivity index (χ3n) is 2.72. The number of rotatable bonds is 3. The van der Waals surface area contributed by atoms with Gasteiger partial charge in [-0.2, -0.15) is 0 Å². The van der Waals surface area contributed by atoms with E-state index in [1.807, 2.05) is 13.0 Å². The summed E-state index contributed by atoms with van der Waals surface area (Å²) < 4.78 is 19.9. The maximum Gasteiger partial charge on any atom is 0.251 e. The van der Waals surface area contributed by atoms with Gasteiger partial charge in [0.05, 0.1) is 13.7 Å². The predicted octanol–water partition coefficient (Wildman–Crippen LogP) is 2.35. The van der Waals surface area contributed by atoms with E-state index in [1.54, 1.807) is 24.4 Å². The number of halogens is 1. The Kier molecular flexibility index (Phi) is 3.46. The summed E-state index contributed by atoms with van der Waals surface area (Å²) in [7, 11) is 1.42. The van der Waals surface area contributed by atoms with Crippen molar-refractivity contribution in [1.82, 2.24) is 4.57 Å². The highest BCUT2D eigenvalue weighted by Crippen LogP contribution is 2.17. The maximum absolute atomic E-state index is 13.5. The van der Waals surface area contributed by atoms with Crippen molar-refractivity contribution in [2.24, 2.45) is 0 Å². The van der Waals surface area contributed by atoms with Gasteiger partial charge in [-0.15, -0.1) is 0 Å². The smallest absolute Gasteiger partial charge is 0.251 e. The molecule has 0 spiro atoms. The minimum Gasteiger partial charge on any atom is -0.494 e. The monoisotopic (exact) mass is 247 g/mol. The van der Waals surface area contributed by atoms with Crippen LogP contribution in [0.4, 0.5) is 4.39 Å². The molecule has 0 bridgehead atoms. The Hall–Kier alpha value is -2.10. The van der Waals surface area contributed by atoms with Gasteiger partial charge in [-0.25, -0.2) is 4.39 Å². The van der Waals surface area contributed by atoms with Gasteiger partial charge in [-0.3, -0.25) is 4.79 Å². The molecule has 0 fully saturated rings. The molecule has 0 saturated carbocycles. The van der Waals surface area contributed by atoms with Crippen LogP contribution >= 0.6 is 0 Å². The van der Waals surface area contributed by atoms with Crippen LogP contribution in [0.1, 0.15) is 11.1 Å². The lowest BCUT2D eigenvalue weighted by molar-refractivity contribution is 0.386. The molecule has 0 atom stereocenters. The van der Waals surface area contributed by atoms with Crippen LogP contribution in [0.2, 0.25) is 0 Å². The molecule has 2 aromatic rings. The molecule has 2 rings (SSSR count). The van der Waals surface area contributed by atoms with Gasteiger partial charge in [0.1, 0.15) is 0 Å². The first kappa shape index (κ1) is 12.4. The summed E-state index contributed by atoms with van der Waals surface area (Å²) in [6.45, 7) is 2.21. The molecule has 1 aromatic heterocycles. The highest BCUT2D eigenvalue weighted by Gasteiger charge is 2.04. The van der Waals surface area contributed by atoms with Crippen molar-refractivity contribution in [3.8, 4) is 5.75 Å². The van der Waals surface area contributed by atoms with Crippen molar-refractivity contribution >= 4 is 0 Å². The lowest BCUT2D eigenvalue weighted by Crippen LogP contribution is -2.19. The van der Waals surface area contributed by atoms with Crippen molar-refractivity contribution < 1.29 is 9.13 Å². The van der Waals surface area contributed by atoms with Crippen molar-refractivity contribution in [1.29, 1.82) is 0 Å². The van der Waals surface area contributed by atoms with E-state index in [0.29, 0.717) is 6.54 Å². The summed E-state index contributed by atoms with van der Waals surface area (Å²) in [5.74, 6) is -0.217. The predicted molar refractivity (Wildman–Crippen MR) is 67.5 cm³/mol. The largest absolute Gasteiger partial charge is 0.494 e. The maximum atomic E-state index is 13.5. The van der Waals surface area contributed by atoms with Crippen molar-refractivity contribution in [2.75, 3.05) is 7.11 Å². The molecule has 0 amide bonds. The molecule has 0 aliphatic carbocycles. The first-order chi connectivity index (χ1) is 8.60. The van der Waals surface area contributed by atoms with Gasteiger partial charge in [-0.05, 0) is 36.2 Å². The van der Waals surface area contributed by atoms with Crippen molar-refractivity contribution in [2.45, 2.75) is 13.5 Å². The van der Waals surface area contributed by atoms with Crippen LogP contribution in [-0.2, 0) is 6.54 Å². The zero-order valence-corrected chi connectivity index (χ0v) is 10.3. The van der Waals surface area contributed by atoms with Crippen molar-refractivity contribution in [3.05, 3.63) is 63.8 Å². The molecule has 1 heterocycles. The van der Waals surface area contributed by atoms with E-state index in [4.69, 9.17) is 4.74 Å².